The van der Waals surface area contributed by atoms with E-state index in [4.69, 9.17) is 19.2 Å². The third-order valence-corrected chi connectivity index (χ3v) is 19.8. The number of benzene rings is 1. The molecule has 3 saturated heterocycles. The molecule has 2 saturated carbocycles. The van der Waals surface area contributed by atoms with E-state index in [1.165, 1.54) is 17.7 Å². The fourth-order valence-corrected chi connectivity index (χ4v) is 13.8. The van der Waals surface area contributed by atoms with E-state index in [0.717, 1.165) is 87.7 Å². The number of allylic oxidation sites excluding steroid dienone is 1. The molecule has 62 heavy (non-hydrogen) atoms. The van der Waals surface area contributed by atoms with E-state index < -0.39 is 81.5 Å². The number of rotatable bonds is 7. The Morgan fingerprint density at radius 2 is 1.79 bits per heavy atom. The number of halogens is 1. The van der Waals surface area contributed by atoms with Crippen LogP contribution < -0.4 is 46.0 Å². The summed E-state index contributed by atoms with van der Waals surface area (Å²) in [5.74, 6) is -0.290. The monoisotopic (exact) mass is 987 g/mol. The number of amides is 4. The van der Waals surface area contributed by atoms with E-state index >= 15 is 0 Å². The molecule has 3 bridgehead atoms. The molecule has 338 valence electrons. The van der Waals surface area contributed by atoms with Gasteiger partial charge in [-0.3, -0.25) is 4.90 Å². The van der Waals surface area contributed by atoms with Crippen LogP contribution in [0, 0.1) is 5.92 Å². The quantitative estimate of drug-likeness (QED) is 0.158. The molecule has 9 rings (SSSR count). The predicted molar refractivity (Wildman–Crippen MR) is 227 cm³/mol. The molecule has 3 N–H and O–H groups in total. The molecule has 15 nitrogen and oxygen atoms in total. The number of para-hydroxylation sites is 1. The minimum absolute atomic E-state index is 0.0260. The number of nitrogens with one attached hydrogen (secondary N) is 3. The molecule has 1 aromatic heterocycles. The molecule has 6 heterocycles. The van der Waals surface area contributed by atoms with Gasteiger partial charge < -0.3 is 0 Å². The first-order valence-electron chi connectivity index (χ1n) is 22.8. The van der Waals surface area contributed by atoms with Crippen LogP contribution in [-0.4, -0.2) is 116 Å². The van der Waals surface area contributed by atoms with Crippen LogP contribution in [0.5, 0.6) is 11.6 Å². The molecular formula is C45H60IN6O9S-. The molecule has 17 heteroatoms. The molecule has 0 spiro atoms. The molecule has 7 aliphatic rings. The number of alkyl halides is 2. The Labute approximate surface area is 374 Å². The van der Waals surface area contributed by atoms with E-state index in [0.29, 0.717) is 50.1 Å². The van der Waals surface area contributed by atoms with Crippen molar-refractivity contribution in [1.82, 2.24) is 30.1 Å². The SMILES string of the molecule is CC1(S(=O)(=O)NC(=O)[C@]23NC(=O)[C@@H]4C[C@@H]5CN4C(=O)[C@H](CCCCC/C=C\[C@@H]2[I-]3)NC(=O)O[C@@H]2C[C@H]2CCCCCc2c(nc3ccccc3c2OCCN2CCCC2)O5)CC1. The summed E-state index contributed by atoms with van der Waals surface area (Å²) in [6.45, 7) is 5.10. The number of likely N-dealkylation sites (tertiary alicyclic amines) is 1. The summed E-state index contributed by atoms with van der Waals surface area (Å²) < 4.78 is 45.6. The topological polar surface area (TPSA) is 186 Å². The van der Waals surface area contributed by atoms with Crippen molar-refractivity contribution in [3.05, 3.63) is 42.0 Å². The zero-order valence-corrected chi connectivity index (χ0v) is 38.6. The van der Waals surface area contributed by atoms with Crippen molar-refractivity contribution in [3.8, 4) is 11.6 Å². The fourth-order valence-electron chi connectivity index (χ4n) is 9.50. The van der Waals surface area contributed by atoms with E-state index in [1.807, 2.05) is 36.4 Å². The third-order valence-electron chi connectivity index (χ3n) is 13.8. The molecular weight excluding hydrogens is 927 g/mol. The number of ether oxygens (including phenoxy) is 3. The number of sulfonamides is 1. The Morgan fingerprint density at radius 3 is 2.61 bits per heavy atom. The molecule has 0 radical (unpaired) electrons. The van der Waals surface area contributed by atoms with Gasteiger partial charge >= 0.3 is 320 Å². The fraction of sp³-hybridized carbons (Fsp3) is 0.667. The summed E-state index contributed by atoms with van der Waals surface area (Å²) in [5, 5.41) is 6.79. The van der Waals surface area contributed by atoms with E-state index in [9.17, 15) is 27.6 Å². The Kier molecular flexibility index (Phi) is 12.7. The number of carbonyl (C=O) groups excluding carboxylic acids is 4. The van der Waals surface area contributed by atoms with Crippen LogP contribution in [0.15, 0.2) is 36.4 Å². The Bertz CT molecular complexity index is 2200. The summed E-state index contributed by atoms with van der Waals surface area (Å²) >= 11 is -1.03. The molecule has 1 aromatic carbocycles. The molecule has 2 aliphatic carbocycles. The first kappa shape index (κ1) is 43.5. The van der Waals surface area contributed by atoms with E-state index in [1.54, 1.807) is 6.92 Å². The van der Waals surface area contributed by atoms with E-state index in [-0.39, 0.29) is 28.9 Å². The molecule has 4 amide bonds. The van der Waals surface area contributed by atoms with Crippen molar-refractivity contribution in [1.29, 1.82) is 0 Å². The Balaban J connectivity index is 1.05. The maximum absolute atomic E-state index is 14.8. The van der Waals surface area contributed by atoms with Gasteiger partial charge in [0.1, 0.15) is 0 Å². The minimum atomic E-state index is -3.98. The number of hydrogen-bond donors (Lipinski definition) is 3. The summed E-state index contributed by atoms with van der Waals surface area (Å²) in [6.07, 6.45) is 14.3. The third kappa shape index (κ3) is 9.40. The molecule has 5 aliphatic heterocycles. The summed E-state index contributed by atoms with van der Waals surface area (Å²) in [6, 6.07) is 5.85. The van der Waals surface area contributed by atoms with Crippen molar-refractivity contribution < 1.29 is 63.0 Å². The van der Waals surface area contributed by atoms with Crippen LogP contribution >= 0.6 is 0 Å². The van der Waals surface area contributed by atoms with Crippen molar-refractivity contribution >= 4 is 44.7 Å². The number of fused-ring (bicyclic) bond motifs is 6. The number of hydrogen-bond acceptors (Lipinski definition) is 11. The van der Waals surface area contributed by atoms with Crippen LogP contribution in [0.1, 0.15) is 109 Å². The van der Waals surface area contributed by atoms with Gasteiger partial charge in [-0.25, -0.2) is 0 Å². The Hall–Kier alpha value is -3.71. The standard InChI is InChI=1S/C45H60IN6O9S/c1-44(20-21-44)62(57,58)50-42(55)45-37(46-45)19-9-4-2-3-8-18-34-41(54)52-28-30(27-35(52)39(53)49-45)60-40-32(16-7-5-6-14-29-26-36(29)61-43(56)48-34)38(31-15-10-11-17-33(31)47-40)59-25-24-51-22-12-13-23-51/h9-11,15,17,19,29-30,34-37H,2-8,12-14,16,18,20-28H2,1H3,(H,48,56)(H,49,53)(H,50,55)/q-1/b19-9-/t29-,30-,34+,35+,36-,37+,45-/m1/s1. The second kappa shape index (κ2) is 18.0. The average molecular weight is 988 g/mol. The van der Waals surface area contributed by atoms with Gasteiger partial charge in [0.2, 0.25) is 0 Å². The number of nitrogens with zero attached hydrogens (tertiary/aromatic N) is 3. The first-order chi connectivity index (χ1) is 29.9. The number of pyridine rings is 1. The van der Waals surface area contributed by atoms with Crippen LogP contribution in [0.2, 0.25) is 0 Å². The number of alkyl carbamates (subject to hydrolysis) is 1. The molecule has 0 unspecified atom stereocenters. The predicted octanol–water partition coefficient (Wildman–Crippen LogP) is 1.46. The first-order valence-corrected chi connectivity index (χ1v) is 26.6. The second-order valence-corrected chi connectivity index (χ2v) is 24.4. The van der Waals surface area contributed by atoms with Crippen LogP contribution in [0.25, 0.3) is 10.9 Å². The normalized spacial score (nSPS) is 32.3. The van der Waals surface area contributed by atoms with Gasteiger partial charge in [-0.05, 0) is 32.4 Å². The van der Waals surface area contributed by atoms with Gasteiger partial charge in [0.25, 0.3) is 0 Å². The van der Waals surface area contributed by atoms with Crippen molar-refractivity contribution in [2.24, 2.45) is 5.92 Å². The van der Waals surface area contributed by atoms with Crippen molar-refractivity contribution in [2.75, 3.05) is 32.8 Å². The van der Waals surface area contributed by atoms with E-state index in [2.05, 4.69) is 20.3 Å². The van der Waals surface area contributed by atoms with Gasteiger partial charge in [-0.1, -0.05) is 12.5 Å². The summed E-state index contributed by atoms with van der Waals surface area (Å²) in [4.78, 5) is 66.0. The van der Waals surface area contributed by atoms with Gasteiger partial charge in [0.05, 0.1) is 0 Å². The maximum atomic E-state index is 14.8. The molecule has 5 fully saturated rings. The van der Waals surface area contributed by atoms with Crippen molar-refractivity contribution in [2.45, 2.75) is 146 Å². The van der Waals surface area contributed by atoms with Gasteiger partial charge in [0.15, 0.2) is 0 Å². The number of carbonyl (C=O) groups is 4. The summed E-state index contributed by atoms with van der Waals surface area (Å²) in [5.41, 5.74) is 1.58. The van der Waals surface area contributed by atoms with Gasteiger partial charge in [-0.15, -0.1) is 0 Å². The van der Waals surface area contributed by atoms with Crippen LogP contribution in [0.4, 0.5) is 4.79 Å². The zero-order valence-electron chi connectivity index (χ0n) is 35.6. The van der Waals surface area contributed by atoms with Crippen LogP contribution in [0.3, 0.4) is 0 Å². The second-order valence-electron chi connectivity index (χ2n) is 18.5. The van der Waals surface area contributed by atoms with Gasteiger partial charge in [-0.2, -0.15) is 0 Å². The zero-order chi connectivity index (χ0) is 43.1. The molecule has 2 aromatic rings. The Morgan fingerprint density at radius 1 is 1.00 bits per heavy atom. The molecule has 7 atom stereocenters. The number of aromatic nitrogens is 1. The van der Waals surface area contributed by atoms with Crippen molar-refractivity contribution in [3.63, 3.8) is 0 Å². The summed E-state index contributed by atoms with van der Waals surface area (Å²) in [7, 11) is -3.98. The van der Waals surface area contributed by atoms with Gasteiger partial charge in [0, 0.05) is 6.54 Å². The van der Waals surface area contributed by atoms with Crippen LogP contribution in [-0.2, 0) is 35.6 Å². The average Bonchev–Trinajstić information content (AvgIpc) is 4.19.